The van der Waals surface area contributed by atoms with Crippen molar-refractivity contribution >= 4 is 44.2 Å². The van der Waals surface area contributed by atoms with Crippen molar-refractivity contribution in [1.29, 1.82) is 0 Å². The Morgan fingerprint density at radius 3 is 2.53 bits per heavy atom. The Morgan fingerprint density at radius 1 is 1.12 bits per heavy atom. The van der Waals surface area contributed by atoms with E-state index in [2.05, 4.69) is 26.2 Å². The first-order valence-corrected chi connectivity index (χ1v) is 5.79. The standard InChI is InChI=1S/C12H7BrN2O2/c13-10-6-3-1-2-4-8(6)14-11(10)7-5-9(16)15-12(7)17/h1-5,14H,(H,15,16,17). The minimum Gasteiger partial charge on any atom is -0.353 e. The summed E-state index contributed by atoms with van der Waals surface area (Å²) in [6, 6.07) is 7.68. The second-order valence-corrected chi connectivity index (χ2v) is 4.53. The van der Waals surface area contributed by atoms with E-state index < -0.39 is 0 Å². The molecule has 17 heavy (non-hydrogen) atoms. The van der Waals surface area contributed by atoms with E-state index in [1.807, 2.05) is 24.3 Å². The van der Waals surface area contributed by atoms with Crippen molar-refractivity contribution in [1.82, 2.24) is 10.3 Å². The van der Waals surface area contributed by atoms with Gasteiger partial charge in [-0.25, -0.2) is 0 Å². The molecule has 1 aliphatic heterocycles. The summed E-state index contributed by atoms with van der Waals surface area (Å²) in [7, 11) is 0. The van der Waals surface area contributed by atoms with Gasteiger partial charge in [0.1, 0.15) is 0 Å². The smallest absolute Gasteiger partial charge is 0.260 e. The van der Waals surface area contributed by atoms with Crippen LogP contribution in [0, 0.1) is 0 Å². The van der Waals surface area contributed by atoms with Crippen molar-refractivity contribution in [3.8, 4) is 0 Å². The SMILES string of the molecule is O=C1C=C(c2[nH]c3ccccc3c2Br)C(=O)N1. The molecule has 3 rings (SSSR count). The van der Waals surface area contributed by atoms with Gasteiger partial charge in [-0.2, -0.15) is 0 Å². The first kappa shape index (κ1) is 10.3. The van der Waals surface area contributed by atoms with Crippen LogP contribution in [0.5, 0.6) is 0 Å². The van der Waals surface area contributed by atoms with Crippen LogP contribution in [0.3, 0.4) is 0 Å². The highest BCUT2D eigenvalue weighted by Crippen LogP contribution is 2.32. The fourth-order valence-corrected chi connectivity index (χ4v) is 2.55. The van der Waals surface area contributed by atoms with E-state index in [-0.39, 0.29) is 11.8 Å². The summed E-state index contributed by atoms with van der Waals surface area (Å²) in [5.41, 5.74) is 1.91. The van der Waals surface area contributed by atoms with Crippen LogP contribution in [0.4, 0.5) is 0 Å². The molecule has 0 saturated carbocycles. The molecule has 2 amide bonds. The first-order chi connectivity index (χ1) is 8.16. The number of fused-ring (bicyclic) bond motifs is 1. The third-order valence-corrected chi connectivity index (χ3v) is 3.49. The number of hydrogen-bond donors (Lipinski definition) is 2. The highest BCUT2D eigenvalue weighted by Gasteiger charge is 2.25. The Kier molecular flexibility index (Phi) is 2.16. The van der Waals surface area contributed by atoms with Crippen LogP contribution in [0.25, 0.3) is 16.5 Å². The molecule has 0 unspecified atom stereocenters. The van der Waals surface area contributed by atoms with Crippen LogP contribution in [0.1, 0.15) is 5.69 Å². The largest absolute Gasteiger partial charge is 0.353 e. The third kappa shape index (κ3) is 1.51. The van der Waals surface area contributed by atoms with E-state index in [9.17, 15) is 9.59 Å². The molecule has 0 radical (unpaired) electrons. The zero-order valence-corrected chi connectivity index (χ0v) is 10.2. The molecule has 2 heterocycles. The molecule has 0 bridgehead atoms. The van der Waals surface area contributed by atoms with Crippen LogP contribution in [-0.4, -0.2) is 16.8 Å². The Morgan fingerprint density at radius 2 is 1.88 bits per heavy atom. The van der Waals surface area contributed by atoms with Crippen LogP contribution in [0.2, 0.25) is 0 Å². The molecule has 0 aliphatic carbocycles. The van der Waals surface area contributed by atoms with Gasteiger partial charge in [-0.05, 0) is 22.0 Å². The van der Waals surface area contributed by atoms with Gasteiger partial charge in [0, 0.05) is 17.0 Å². The topological polar surface area (TPSA) is 62.0 Å². The number of amides is 2. The molecule has 0 spiro atoms. The first-order valence-electron chi connectivity index (χ1n) is 5.00. The number of aromatic nitrogens is 1. The maximum Gasteiger partial charge on any atom is 0.260 e. The molecule has 0 atom stereocenters. The highest BCUT2D eigenvalue weighted by molar-refractivity contribution is 9.10. The number of hydrogen-bond acceptors (Lipinski definition) is 2. The summed E-state index contributed by atoms with van der Waals surface area (Å²) in [4.78, 5) is 25.8. The Balaban J connectivity index is 2.25. The van der Waals surface area contributed by atoms with Gasteiger partial charge in [-0.3, -0.25) is 14.9 Å². The number of benzene rings is 1. The summed E-state index contributed by atoms with van der Waals surface area (Å²) in [6.07, 6.45) is 1.30. The number of para-hydroxylation sites is 1. The molecule has 0 fully saturated rings. The molecule has 84 valence electrons. The maximum atomic E-state index is 11.6. The molecule has 1 aliphatic rings. The third-order valence-electron chi connectivity index (χ3n) is 2.67. The number of imide groups is 1. The Bertz CT molecular complexity index is 685. The van der Waals surface area contributed by atoms with Gasteiger partial charge in [0.05, 0.1) is 15.7 Å². The molecule has 2 N–H and O–H groups in total. The average molecular weight is 291 g/mol. The fourth-order valence-electron chi connectivity index (χ4n) is 1.89. The van der Waals surface area contributed by atoms with Crippen molar-refractivity contribution in [2.45, 2.75) is 0 Å². The fraction of sp³-hybridized carbons (Fsp3) is 0. The predicted molar refractivity (Wildman–Crippen MR) is 67.1 cm³/mol. The number of carbonyl (C=O) groups is 2. The lowest BCUT2D eigenvalue weighted by atomic mass is 10.2. The number of nitrogens with one attached hydrogen (secondary N) is 2. The second-order valence-electron chi connectivity index (χ2n) is 3.74. The quantitative estimate of drug-likeness (QED) is 0.789. The molecule has 1 aromatic carbocycles. The van der Waals surface area contributed by atoms with Crippen molar-refractivity contribution in [3.63, 3.8) is 0 Å². The number of carbonyl (C=O) groups excluding carboxylic acids is 2. The molecular weight excluding hydrogens is 284 g/mol. The van der Waals surface area contributed by atoms with Gasteiger partial charge >= 0.3 is 0 Å². The van der Waals surface area contributed by atoms with Crippen molar-refractivity contribution < 1.29 is 9.59 Å². The molecular formula is C12H7BrN2O2. The van der Waals surface area contributed by atoms with Crippen molar-refractivity contribution in [3.05, 3.63) is 40.5 Å². The number of halogens is 1. The van der Waals surface area contributed by atoms with Gasteiger partial charge < -0.3 is 4.98 Å². The zero-order valence-electron chi connectivity index (χ0n) is 8.58. The van der Waals surface area contributed by atoms with Crippen molar-refractivity contribution in [2.24, 2.45) is 0 Å². The van der Waals surface area contributed by atoms with Gasteiger partial charge in [-0.1, -0.05) is 18.2 Å². The van der Waals surface area contributed by atoms with E-state index in [0.29, 0.717) is 11.3 Å². The van der Waals surface area contributed by atoms with Gasteiger partial charge in [0.15, 0.2) is 0 Å². The van der Waals surface area contributed by atoms with Crippen LogP contribution in [0.15, 0.2) is 34.8 Å². The average Bonchev–Trinajstić information content (AvgIpc) is 2.80. The van der Waals surface area contributed by atoms with E-state index >= 15 is 0 Å². The summed E-state index contributed by atoms with van der Waals surface area (Å²) in [6.45, 7) is 0. The second kappa shape index (κ2) is 3.56. The number of rotatable bonds is 1. The highest BCUT2D eigenvalue weighted by atomic mass is 79.9. The Hall–Kier alpha value is -1.88. The summed E-state index contributed by atoms with van der Waals surface area (Å²) >= 11 is 3.45. The normalized spacial score (nSPS) is 15.2. The lowest BCUT2D eigenvalue weighted by molar-refractivity contribution is -0.123. The van der Waals surface area contributed by atoms with E-state index in [1.54, 1.807) is 0 Å². The van der Waals surface area contributed by atoms with Crippen LogP contribution in [-0.2, 0) is 9.59 Å². The zero-order chi connectivity index (χ0) is 12.0. The molecule has 0 saturated heterocycles. The van der Waals surface area contributed by atoms with Crippen LogP contribution >= 0.6 is 15.9 Å². The molecule has 1 aromatic heterocycles. The van der Waals surface area contributed by atoms with Crippen molar-refractivity contribution in [2.75, 3.05) is 0 Å². The minimum atomic E-state index is -0.379. The summed E-state index contributed by atoms with van der Waals surface area (Å²) in [5.74, 6) is -0.752. The molecule has 5 heteroatoms. The number of aromatic amines is 1. The Labute approximate surface area is 105 Å². The van der Waals surface area contributed by atoms with Gasteiger partial charge in [0.25, 0.3) is 11.8 Å². The lowest BCUT2D eigenvalue weighted by Crippen LogP contribution is -2.21. The monoisotopic (exact) mass is 290 g/mol. The van der Waals surface area contributed by atoms with E-state index in [4.69, 9.17) is 0 Å². The summed E-state index contributed by atoms with van der Waals surface area (Å²) in [5, 5.41) is 3.21. The number of H-pyrrole nitrogens is 1. The molecule has 2 aromatic rings. The minimum absolute atomic E-state index is 0.359. The molecule has 4 nitrogen and oxygen atoms in total. The lowest BCUT2D eigenvalue weighted by Gasteiger charge is -1.96. The van der Waals surface area contributed by atoms with Crippen LogP contribution < -0.4 is 5.32 Å². The predicted octanol–water partition coefficient (Wildman–Crippen LogP) is 1.97. The van der Waals surface area contributed by atoms with E-state index in [0.717, 1.165) is 15.4 Å². The van der Waals surface area contributed by atoms with E-state index in [1.165, 1.54) is 6.08 Å². The van der Waals surface area contributed by atoms with Gasteiger partial charge in [-0.15, -0.1) is 0 Å². The summed E-state index contributed by atoms with van der Waals surface area (Å²) < 4.78 is 0.796. The maximum absolute atomic E-state index is 11.6. The van der Waals surface area contributed by atoms with Gasteiger partial charge in [0.2, 0.25) is 0 Å².